The van der Waals surface area contributed by atoms with E-state index >= 15 is 0 Å². The van der Waals surface area contributed by atoms with Crippen LogP contribution in [0.4, 0.5) is 0 Å². The van der Waals surface area contributed by atoms with E-state index in [1.807, 2.05) is 12.1 Å². The molecule has 5 aromatic carbocycles. The van der Waals surface area contributed by atoms with Gasteiger partial charge in [-0.3, -0.25) is 0 Å². The Morgan fingerprint density at radius 1 is 0.455 bits per heavy atom. The summed E-state index contributed by atoms with van der Waals surface area (Å²) in [5.41, 5.74) is 9.21. The van der Waals surface area contributed by atoms with E-state index in [0.717, 1.165) is 60.6 Å². The van der Waals surface area contributed by atoms with E-state index < -0.39 is 0 Å². The van der Waals surface area contributed by atoms with Gasteiger partial charge in [0.05, 0.1) is 0 Å². The number of rotatable bonds is 2. The van der Waals surface area contributed by atoms with E-state index in [4.69, 9.17) is 8.83 Å². The molecule has 0 aliphatic carbocycles. The van der Waals surface area contributed by atoms with Gasteiger partial charge < -0.3 is 8.83 Å². The number of aryl methyl sites for hydroxylation is 1. The van der Waals surface area contributed by atoms with Gasteiger partial charge in [-0.05, 0) is 18.6 Å². The van der Waals surface area contributed by atoms with Gasteiger partial charge in [-0.25, -0.2) is 0 Å². The Labute approximate surface area is 190 Å². The fourth-order valence-electron chi connectivity index (χ4n) is 5.03. The minimum atomic E-state index is 0.889. The molecule has 0 aliphatic heterocycles. The highest BCUT2D eigenvalue weighted by Gasteiger charge is 2.18. The highest BCUT2D eigenvalue weighted by molar-refractivity contribution is 6.16. The molecular formula is C31H20O2. The zero-order valence-electron chi connectivity index (χ0n) is 18.1. The van der Waals surface area contributed by atoms with Crippen LogP contribution in [0.1, 0.15) is 5.56 Å². The van der Waals surface area contributed by atoms with Crippen molar-refractivity contribution in [3.05, 3.63) is 109 Å². The summed E-state index contributed by atoms with van der Waals surface area (Å²) in [6, 6.07) is 35.9. The van der Waals surface area contributed by atoms with E-state index in [1.165, 1.54) is 11.1 Å². The van der Waals surface area contributed by atoms with E-state index in [0.29, 0.717) is 0 Å². The fraction of sp³-hybridized carbons (Fsp3) is 0.0323. The molecule has 7 rings (SSSR count). The third-order valence-electron chi connectivity index (χ3n) is 6.55. The number of para-hydroxylation sites is 4. The van der Waals surface area contributed by atoms with Crippen LogP contribution in [-0.2, 0) is 0 Å². The molecule has 2 nitrogen and oxygen atoms in total. The molecule has 2 heterocycles. The van der Waals surface area contributed by atoms with E-state index in [1.54, 1.807) is 0 Å². The summed E-state index contributed by atoms with van der Waals surface area (Å²) < 4.78 is 13.0. The first-order valence-electron chi connectivity index (χ1n) is 11.2. The second-order valence-corrected chi connectivity index (χ2v) is 8.62. The quantitative estimate of drug-likeness (QED) is 0.276. The maximum absolute atomic E-state index is 6.64. The maximum atomic E-state index is 6.64. The summed E-state index contributed by atoms with van der Waals surface area (Å²) in [6.07, 6.45) is 0. The normalized spacial score (nSPS) is 11.8. The molecule has 156 valence electrons. The predicted octanol–water partition coefficient (Wildman–Crippen LogP) is 9.13. The molecule has 0 atom stereocenters. The van der Waals surface area contributed by atoms with E-state index in [-0.39, 0.29) is 0 Å². The minimum Gasteiger partial charge on any atom is -0.455 e. The molecule has 7 aromatic rings. The fourth-order valence-corrected chi connectivity index (χ4v) is 5.03. The summed E-state index contributed by atoms with van der Waals surface area (Å²) in [5.74, 6) is 0. The van der Waals surface area contributed by atoms with Gasteiger partial charge in [0.2, 0.25) is 0 Å². The lowest BCUT2D eigenvalue weighted by molar-refractivity contribution is 0.665. The summed E-state index contributed by atoms with van der Waals surface area (Å²) >= 11 is 0. The number of hydrogen-bond donors (Lipinski definition) is 0. The Kier molecular flexibility index (Phi) is 3.80. The van der Waals surface area contributed by atoms with Gasteiger partial charge in [0.25, 0.3) is 0 Å². The molecule has 0 amide bonds. The summed E-state index contributed by atoms with van der Waals surface area (Å²) in [4.78, 5) is 0. The lowest BCUT2D eigenvalue weighted by atomic mass is 9.98. The zero-order chi connectivity index (χ0) is 21.9. The minimum absolute atomic E-state index is 0.889. The van der Waals surface area contributed by atoms with Crippen LogP contribution in [0.25, 0.3) is 66.1 Å². The van der Waals surface area contributed by atoms with Crippen molar-refractivity contribution in [2.75, 3.05) is 0 Å². The monoisotopic (exact) mass is 424 g/mol. The standard InChI is InChI=1S/C31H20O2/c1-19-8-4-9-20(18-19)21-11-5-13-24-26-15-7-16-27(31(26)33-29(21)24)25-14-6-12-23-22-10-2-3-17-28(22)32-30(23)25/h2-18H,1H3. The molecule has 0 saturated heterocycles. The lowest BCUT2D eigenvalue weighted by Crippen LogP contribution is -1.80. The lowest BCUT2D eigenvalue weighted by Gasteiger charge is -2.04. The van der Waals surface area contributed by atoms with Gasteiger partial charge in [0.1, 0.15) is 22.3 Å². The third-order valence-corrected chi connectivity index (χ3v) is 6.55. The Morgan fingerprint density at radius 2 is 1.00 bits per heavy atom. The SMILES string of the molecule is Cc1cccc(-c2cccc3c2oc2c(-c4cccc5c4oc4ccccc45)cccc23)c1. The Morgan fingerprint density at radius 3 is 1.73 bits per heavy atom. The van der Waals surface area contributed by atoms with Crippen molar-refractivity contribution in [2.45, 2.75) is 6.92 Å². The summed E-state index contributed by atoms with van der Waals surface area (Å²) in [6.45, 7) is 2.12. The Bertz CT molecular complexity index is 1830. The van der Waals surface area contributed by atoms with Crippen LogP contribution in [-0.4, -0.2) is 0 Å². The molecular weight excluding hydrogens is 404 g/mol. The van der Waals surface area contributed by atoms with Crippen molar-refractivity contribution in [1.29, 1.82) is 0 Å². The largest absolute Gasteiger partial charge is 0.455 e. The Hall–Kier alpha value is -4.30. The zero-order valence-corrected chi connectivity index (χ0v) is 18.1. The van der Waals surface area contributed by atoms with Crippen molar-refractivity contribution in [3.8, 4) is 22.3 Å². The van der Waals surface area contributed by atoms with Crippen molar-refractivity contribution in [1.82, 2.24) is 0 Å². The van der Waals surface area contributed by atoms with Crippen LogP contribution in [0.3, 0.4) is 0 Å². The van der Waals surface area contributed by atoms with Crippen LogP contribution in [0, 0.1) is 6.92 Å². The molecule has 2 aromatic heterocycles. The number of benzene rings is 5. The molecule has 0 N–H and O–H groups in total. The average Bonchev–Trinajstić information content (AvgIpc) is 3.42. The van der Waals surface area contributed by atoms with Crippen LogP contribution < -0.4 is 0 Å². The van der Waals surface area contributed by atoms with Crippen LogP contribution >= 0.6 is 0 Å². The molecule has 0 radical (unpaired) electrons. The van der Waals surface area contributed by atoms with Crippen molar-refractivity contribution in [3.63, 3.8) is 0 Å². The van der Waals surface area contributed by atoms with Gasteiger partial charge in [0.15, 0.2) is 0 Å². The average molecular weight is 424 g/mol. The van der Waals surface area contributed by atoms with Crippen molar-refractivity contribution >= 4 is 43.9 Å². The molecule has 0 aliphatic rings. The highest BCUT2D eigenvalue weighted by Crippen LogP contribution is 2.42. The van der Waals surface area contributed by atoms with Gasteiger partial charge >= 0.3 is 0 Å². The third kappa shape index (κ3) is 2.68. The van der Waals surface area contributed by atoms with Crippen LogP contribution in [0.2, 0.25) is 0 Å². The van der Waals surface area contributed by atoms with Gasteiger partial charge in [0, 0.05) is 38.2 Å². The number of fused-ring (bicyclic) bond motifs is 6. The summed E-state index contributed by atoms with van der Waals surface area (Å²) in [5, 5.41) is 4.50. The molecule has 0 saturated carbocycles. The predicted molar refractivity (Wildman–Crippen MR) is 137 cm³/mol. The first-order chi connectivity index (χ1) is 16.3. The molecule has 33 heavy (non-hydrogen) atoms. The summed E-state index contributed by atoms with van der Waals surface area (Å²) in [7, 11) is 0. The van der Waals surface area contributed by atoms with Crippen molar-refractivity contribution in [2.24, 2.45) is 0 Å². The number of furan rings is 2. The van der Waals surface area contributed by atoms with E-state index in [2.05, 4.69) is 97.9 Å². The molecule has 0 bridgehead atoms. The maximum Gasteiger partial charge on any atom is 0.143 e. The van der Waals surface area contributed by atoms with E-state index in [9.17, 15) is 0 Å². The molecule has 2 heteroatoms. The first kappa shape index (κ1) is 18.3. The molecule has 0 fully saturated rings. The second kappa shape index (κ2) is 6.85. The van der Waals surface area contributed by atoms with Gasteiger partial charge in [-0.15, -0.1) is 0 Å². The molecule has 0 unspecified atom stereocenters. The van der Waals surface area contributed by atoms with Crippen LogP contribution in [0.5, 0.6) is 0 Å². The Balaban J connectivity index is 1.55. The van der Waals surface area contributed by atoms with Gasteiger partial charge in [-0.1, -0.05) is 103 Å². The van der Waals surface area contributed by atoms with Crippen molar-refractivity contribution < 1.29 is 8.83 Å². The number of hydrogen-bond acceptors (Lipinski definition) is 2. The highest BCUT2D eigenvalue weighted by atomic mass is 16.3. The smallest absolute Gasteiger partial charge is 0.143 e. The first-order valence-corrected chi connectivity index (χ1v) is 11.2. The topological polar surface area (TPSA) is 26.3 Å². The molecule has 0 spiro atoms. The second-order valence-electron chi connectivity index (χ2n) is 8.62. The van der Waals surface area contributed by atoms with Gasteiger partial charge in [-0.2, -0.15) is 0 Å². The van der Waals surface area contributed by atoms with Crippen LogP contribution in [0.15, 0.2) is 112 Å².